The highest BCUT2D eigenvalue weighted by molar-refractivity contribution is 6.44. The molecule has 1 aromatic carbocycles. The molecule has 0 bridgehead atoms. The van der Waals surface area contributed by atoms with Crippen LogP contribution < -0.4 is 5.32 Å². The maximum atomic E-state index is 13.6. The van der Waals surface area contributed by atoms with Gasteiger partial charge < -0.3 is 9.88 Å². The van der Waals surface area contributed by atoms with Gasteiger partial charge in [0, 0.05) is 37.2 Å². The number of Topliss-reactive ketones (excluding diaryl/α,β-unsaturated/α-hetero) is 2. The number of nitrogens with one attached hydrogen (secondary N) is 1. The molecule has 0 radical (unpaired) electrons. The van der Waals surface area contributed by atoms with Crippen molar-refractivity contribution in [3.63, 3.8) is 0 Å². The third-order valence-corrected chi connectivity index (χ3v) is 6.00. The van der Waals surface area contributed by atoms with E-state index >= 15 is 0 Å². The third kappa shape index (κ3) is 4.64. The van der Waals surface area contributed by atoms with Crippen molar-refractivity contribution in [2.45, 2.75) is 39.5 Å². The summed E-state index contributed by atoms with van der Waals surface area (Å²) in [5.41, 5.74) is 1.54. The lowest BCUT2D eigenvalue weighted by Gasteiger charge is -2.23. The predicted octanol–water partition coefficient (Wildman–Crippen LogP) is 5.10. The van der Waals surface area contributed by atoms with E-state index in [-0.39, 0.29) is 29.1 Å². The number of halogens is 1. The molecule has 2 aromatic heterocycles. The van der Waals surface area contributed by atoms with Crippen LogP contribution in [-0.2, 0) is 17.3 Å². The zero-order valence-electron chi connectivity index (χ0n) is 19.7. The fraction of sp³-hybridized carbons (Fsp3) is 0.269. The average molecular weight is 461 g/mol. The second kappa shape index (κ2) is 9.40. The van der Waals surface area contributed by atoms with E-state index in [0.717, 1.165) is 11.6 Å². The molecular weight excluding hydrogens is 435 g/mol. The number of carbonyl (C=O) groups is 3. The number of pyridine rings is 1. The van der Waals surface area contributed by atoms with Gasteiger partial charge in [0.15, 0.2) is 0 Å². The molecular formula is C26H25FN4O3. The van der Waals surface area contributed by atoms with Crippen LogP contribution in [0.25, 0.3) is 4.85 Å². The van der Waals surface area contributed by atoms with E-state index in [0.29, 0.717) is 11.3 Å². The first-order chi connectivity index (χ1) is 16.0. The Balaban J connectivity index is 1.88. The molecule has 7 nitrogen and oxygen atoms in total. The molecule has 0 atom stereocenters. The highest BCUT2D eigenvalue weighted by atomic mass is 19.1. The van der Waals surface area contributed by atoms with Gasteiger partial charge in [-0.1, -0.05) is 19.9 Å². The molecule has 174 valence electrons. The number of anilines is 1. The first-order valence-electron chi connectivity index (χ1n) is 10.6. The summed E-state index contributed by atoms with van der Waals surface area (Å²) in [5, 5.41) is 2.64. The molecule has 34 heavy (non-hydrogen) atoms. The van der Waals surface area contributed by atoms with Gasteiger partial charge in [-0.15, -0.1) is 0 Å². The molecule has 0 unspecified atom stereocenters. The largest absolute Gasteiger partial charge is 0.343 e. The third-order valence-electron chi connectivity index (χ3n) is 6.00. The lowest BCUT2D eigenvalue weighted by Crippen LogP contribution is -2.27. The Hall–Kier alpha value is -4.12. The van der Waals surface area contributed by atoms with Crippen LogP contribution in [0.2, 0.25) is 0 Å². The van der Waals surface area contributed by atoms with Crippen molar-refractivity contribution in [2.24, 2.45) is 7.05 Å². The molecule has 0 saturated carbocycles. The van der Waals surface area contributed by atoms with Crippen LogP contribution in [0.1, 0.15) is 57.9 Å². The van der Waals surface area contributed by atoms with E-state index in [2.05, 4.69) is 15.1 Å². The highest BCUT2D eigenvalue weighted by Crippen LogP contribution is 2.29. The van der Waals surface area contributed by atoms with E-state index in [4.69, 9.17) is 6.57 Å². The average Bonchev–Trinajstić information content (AvgIpc) is 3.02. The van der Waals surface area contributed by atoms with Crippen molar-refractivity contribution in [3.05, 3.63) is 88.0 Å². The van der Waals surface area contributed by atoms with Crippen molar-refractivity contribution < 1.29 is 18.8 Å². The normalized spacial score (nSPS) is 11.1. The molecule has 1 amide bonds. The molecule has 0 fully saturated rings. The van der Waals surface area contributed by atoms with Crippen molar-refractivity contribution in [1.29, 1.82) is 0 Å². The zero-order valence-corrected chi connectivity index (χ0v) is 19.7. The van der Waals surface area contributed by atoms with Crippen LogP contribution in [0.3, 0.4) is 0 Å². The van der Waals surface area contributed by atoms with Crippen LogP contribution in [-0.4, -0.2) is 27.0 Å². The quantitative estimate of drug-likeness (QED) is 0.302. The number of hydrogen-bond donors (Lipinski definition) is 1. The number of benzene rings is 1. The Morgan fingerprint density at radius 2 is 1.91 bits per heavy atom. The molecule has 2 heterocycles. The van der Waals surface area contributed by atoms with Crippen molar-refractivity contribution in [1.82, 2.24) is 9.55 Å². The molecule has 0 aliphatic rings. The minimum atomic E-state index is -0.681. The van der Waals surface area contributed by atoms with Crippen LogP contribution in [0.15, 0.2) is 42.7 Å². The molecule has 0 spiro atoms. The summed E-state index contributed by atoms with van der Waals surface area (Å²) in [4.78, 5) is 46.3. The van der Waals surface area contributed by atoms with Gasteiger partial charge in [-0.2, -0.15) is 0 Å². The number of aromatic nitrogens is 2. The van der Waals surface area contributed by atoms with Gasteiger partial charge in [0.05, 0.1) is 12.1 Å². The Morgan fingerprint density at radius 1 is 1.21 bits per heavy atom. The maximum Gasteiger partial charge on any atom is 0.272 e. The molecule has 1 N–H and O–H groups in total. The Morgan fingerprint density at radius 3 is 2.53 bits per heavy atom. The van der Waals surface area contributed by atoms with E-state index in [1.54, 1.807) is 43.9 Å². The van der Waals surface area contributed by atoms with Gasteiger partial charge in [0.1, 0.15) is 11.5 Å². The van der Waals surface area contributed by atoms with Crippen LogP contribution in [0.5, 0.6) is 0 Å². The van der Waals surface area contributed by atoms with Gasteiger partial charge >= 0.3 is 0 Å². The molecule has 3 rings (SSSR count). The highest BCUT2D eigenvalue weighted by Gasteiger charge is 2.32. The maximum absolute atomic E-state index is 13.6. The van der Waals surface area contributed by atoms with E-state index in [9.17, 15) is 18.8 Å². The smallest absolute Gasteiger partial charge is 0.272 e. The molecule has 3 aromatic rings. The number of rotatable bonds is 7. The zero-order chi connectivity index (χ0) is 25.2. The molecule has 0 saturated heterocycles. The van der Waals surface area contributed by atoms with Crippen molar-refractivity contribution in [2.75, 3.05) is 5.32 Å². The van der Waals surface area contributed by atoms with E-state index < -0.39 is 28.7 Å². The fourth-order valence-corrected chi connectivity index (χ4v) is 3.99. The van der Waals surface area contributed by atoms with Crippen molar-refractivity contribution in [3.8, 4) is 0 Å². The van der Waals surface area contributed by atoms with Crippen molar-refractivity contribution >= 4 is 28.8 Å². The van der Waals surface area contributed by atoms with Gasteiger partial charge in [-0.05, 0) is 54.7 Å². The number of nitrogens with zero attached hydrogens (tertiary/aromatic N) is 3. The number of ketones is 2. The second-order valence-electron chi connectivity index (χ2n) is 8.78. The first-order valence-corrected chi connectivity index (χ1v) is 10.6. The van der Waals surface area contributed by atoms with Gasteiger partial charge in [0.2, 0.25) is 17.3 Å². The number of carbonyl (C=O) groups excluding carboxylic acids is 3. The molecule has 0 aliphatic heterocycles. The summed E-state index contributed by atoms with van der Waals surface area (Å²) in [7, 11) is 1.63. The molecule has 0 aliphatic carbocycles. The monoisotopic (exact) mass is 460 g/mol. The predicted molar refractivity (Wildman–Crippen MR) is 127 cm³/mol. The summed E-state index contributed by atoms with van der Waals surface area (Å²) in [6, 6.07) is 7.33. The summed E-state index contributed by atoms with van der Waals surface area (Å²) in [6.07, 6.45) is 3.31. The lowest BCUT2D eigenvalue weighted by atomic mass is 9.79. The Labute approximate surface area is 197 Å². The Bertz CT molecular complexity index is 1330. The summed E-state index contributed by atoms with van der Waals surface area (Å²) in [5.74, 6) is -2.43. The second-order valence-corrected chi connectivity index (χ2v) is 8.78. The Kier molecular flexibility index (Phi) is 6.78. The summed E-state index contributed by atoms with van der Waals surface area (Å²) in [6.45, 7) is 14.1. The first kappa shape index (κ1) is 24.5. The summed E-state index contributed by atoms with van der Waals surface area (Å²) < 4.78 is 15.2. The van der Waals surface area contributed by atoms with E-state index in [1.165, 1.54) is 12.1 Å². The standard InChI is InChI=1S/C26H25FN4O3/c1-15-22(24(33)21(32)13-26(3,4)17-8-7-11-29-14-17)16(2)31(6)23(15)25(34)30-18-9-10-19(27)20(12-18)28-5/h7-12,14H,13H2,1-4,6H3,(H,30,34). The van der Waals surface area contributed by atoms with Gasteiger partial charge in [-0.3, -0.25) is 19.4 Å². The van der Waals surface area contributed by atoms with Gasteiger partial charge in [-0.25, -0.2) is 9.24 Å². The van der Waals surface area contributed by atoms with Crippen LogP contribution in [0, 0.1) is 26.2 Å². The topological polar surface area (TPSA) is 85.4 Å². The van der Waals surface area contributed by atoms with E-state index in [1.807, 2.05) is 19.9 Å². The van der Waals surface area contributed by atoms with Crippen LogP contribution in [0.4, 0.5) is 15.8 Å². The SMILES string of the molecule is [C-]#[N+]c1cc(NC(=O)c2c(C)c(C(=O)C(=O)CC(C)(C)c3cccnc3)c(C)n2C)ccc1F. The fourth-order valence-electron chi connectivity index (χ4n) is 3.99. The number of hydrogen-bond acceptors (Lipinski definition) is 4. The minimum absolute atomic E-state index is 0.0121. The number of amides is 1. The molecule has 8 heteroatoms. The summed E-state index contributed by atoms with van der Waals surface area (Å²) >= 11 is 0. The lowest BCUT2D eigenvalue weighted by molar-refractivity contribution is -0.116. The van der Waals surface area contributed by atoms with Crippen LogP contribution >= 0.6 is 0 Å². The minimum Gasteiger partial charge on any atom is -0.343 e. The van der Waals surface area contributed by atoms with Gasteiger partial charge in [0.25, 0.3) is 5.91 Å².